The maximum Gasteiger partial charge on any atom is 0.261 e. The van der Waals surface area contributed by atoms with Gasteiger partial charge in [0, 0.05) is 4.88 Å². The molecule has 0 saturated heterocycles. The highest BCUT2D eigenvalue weighted by molar-refractivity contribution is 7.13. The van der Waals surface area contributed by atoms with Gasteiger partial charge in [0.05, 0.1) is 27.5 Å². The topological polar surface area (TPSA) is 58.2 Å². The zero-order valence-corrected chi connectivity index (χ0v) is 15.0. The highest BCUT2D eigenvalue weighted by Gasteiger charge is 2.13. The number of carbonyl (C=O) groups is 2. The van der Waals surface area contributed by atoms with Crippen molar-refractivity contribution in [1.82, 2.24) is 10.6 Å². The predicted octanol–water partition coefficient (Wildman–Crippen LogP) is 3.97. The molecule has 0 fully saturated rings. The summed E-state index contributed by atoms with van der Waals surface area (Å²) >= 11 is 13.2. The second kappa shape index (κ2) is 7.81. The molecule has 2 aromatic rings. The Morgan fingerprint density at radius 1 is 1.17 bits per heavy atom. The third-order valence-corrected chi connectivity index (χ3v) is 4.93. The van der Waals surface area contributed by atoms with E-state index in [1.807, 2.05) is 19.9 Å². The van der Waals surface area contributed by atoms with E-state index in [4.69, 9.17) is 23.2 Å². The highest BCUT2D eigenvalue weighted by Crippen LogP contribution is 2.25. The van der Waals surface area contributed by atoms with Gasteiger partial charge in [0.1, 0.15) is 0 Å². The molecule has 0 aliphatic rings. The van der Waals surface area contributed by atoms with Gasteiger partial charge in [0.2, 0.25) is 5.91 Å². The van der Waals surface area contributed by atoms with Crippen molar-refractivity contribution in [1.29, 1.82) is 0 Å². The van der Waals surface area contributed by atoms with E-state index < -0.39 is 0 Å². The Morgan fingerprint density at radius 2 is 1.91 bits per heavy atom. The minimum atomic E-state index is -0.273. The normalized spacial score (nSPS) is 11.8. The van der Waals surface area contributed by atoms with Crippen LogP contribution in [0.4, 0.5) is 0 Å². The second-order valence-corrected chi connectivity index (χ2v) is 7.16. The lowest BCUT2D eigenvalue weighted by Gasteiger charge is -2.15. The molecule has 0 saturated carbocycles. The number of halogens is 2. The molecule has 0 aliphatic carbocycles. The van der Waals surface area contributed by atoms with Crippen molar-refractivity contribution in [3.05, 3.63) is 55.7 Å². The summed E-state index contributed by atoms with van der Waals surface area (Å²) in [5.41, 5.74) is 0.841. The Hall–Kier alpha value is -1.56. The molecule has 1 aromatic carbocycles. The maximum absolute atomic E-state index is 11.9. The number of amides is 2. The van der Waals surface area contributed by atoms with Crippen molar-refractivity contribution in [2.45, 2.75) is 19.9 Å². The number of hydrogen-bond acceptors (Lipinski definition) is 3. The highest BCUT2D eigenvalue weighted by atomic mass is 35.5. The number of rotatable bonds is 5. The standard InChI is InChI=1S/C16H16Cl2N2O2S/c1-9-3-6-14(23-9)16(22)19-8-15(21)20-10(2)11-4-5-12(17)13(18)7-11/h3-7,10H,8H2,1-2H3,(H,19,22)(H,20,21). The van der Waals surface area contributed by atoms with Gasteiger partial charge in [-0.15, -0.1) is 11.3 Å². The van der Waals surface area contributed by atoms with Crippen LogP contribution in [0.25, 0.3) is 0 Å². The van der Waals surface area contributed by atoms with Gasteiger partial charge in [-0.25, -0.2) is 0 Å². The number of nitrogens with one attached hydrogen (secondary N) is 2. The van der Waals surface area contributed by atoms with Crippen molar-refractivity contribution in [3.63, 3.8) is 0 Å². The van der Waals surface area contributed by atoms with Gasteiger partial charge < -0.3 is 10.6 Å². The number of carbonyl (C=O) groups excluding carboxylic acids is 2. The molecule has 1 unspecified atom stereocenters. The van der Waals surface area contributed by atoms with Crippen LogP contribution in [0.3, 0.4) is 0 Å². The molecule has 2 N–H and O–H groups in total. The van der Waals surface area contributed by atoms with E-state index in [-0.39, 0.29) is 24.4 Å². The number of aryl methyl sites for hydroxylation is 1. The van der Waals surface area contributed by atoms with Crippen LogP contribution in [0.5, 0.6) is 0 Å². The molecule has 1 heterocycles. The van der Waals surface area contributed by atoms with Crippen molar-refractivity contribution in [2.24, 2.45) is 0 Å². The Balaban J connectivity index is 1.86. The van der Waals surface area contributed by atoms with E-state index in [1.54, 1.807) is 24.3 Å². The summed E-state index contributed by atoms with van der Waals surface area (Å²) in [6.07, 6.45) is 0. The van der Waals surface area contributed by atoms with Gasteiger partial charge in [-0.1, -0.05) is 29.3 Å². The Bertz CT molecular complexity index is 731. The van der Waals surface area contributed by atoms with Gasteiger partial charge in [-0.05, 0) is 43.7 Å². The Labute approximate surface area is 148 Å². The molecule has 0 aliphatic heterocycles. The first kappa shape index (κ1) is 17.8. The summed E-state index contributed by atoms with van der Waals surface area (Å²) in [7, 11) is 0. The fraction of sp³-hybridized carbons (Fsp3) is 0.250. The van der Waals surface area contributed by atoms with Crippen LogP contribution < -0.4 is 10.6 Å². The molecule has 2 amide bonds. The molecule has 0 bridgehead atoms. The molecule has 2 rings (SSSR count). The summed E-state index contributed by atoms with van der Waals surface area (Å²) in [5.74, 6) is -0.523. The lowest BCUT2D eigenvalue weighted by atomic mass is 10.1. The zero-order valence-electron chi connectivity index (χ0n) is 12.7. The monoisotopic (exact) mass is 370 g/mol. The van der Waals surface area contributed by atoms with E-state index in [1.165, 1.54) is 11.3 Å². The average Bonchev–Trinajstić information content (AvgIpc) is 2.94. The predicted molar refractivity (Wildman–Crippen MR) is 94.4 cm³/mol. The molecular formula is C16H16Cl2N2O2S. The smallest absolute Gasteiger partial charge is 0.261 e. The summed E-state index contributed by atoms with van der Waals surface area (Å²) < 4.78 is 0. The first-order chi connectivity index (χ1) is 10.9. The van der Waals surface area contributed by atoms with E-state index in [2.05, 4.69) is 10.6 Å². The van der Waals surface area contributed by atoms with Crippen molar-refractivity contribution < 1.29 is 9.59 Å². The zero-order chi connectivity index (χ0) is 17.0. The van der Waals surface area contributed by atoms with Crippen molar-refractivity contribution in [3.8, 4) is 0 Å². The van der Waals surface area contributed by atoms with E-state index in [0.29, 0.717) is 14.9 Å². The van der Waals surface area contributed by atoms with Crippen LogP contribution in [0.15, 0.2) is 30.3 Å². The first-order valence-electron chi connectivity index (χ1n) is 6.95. The lowest BCUT2D eigenvalue weighted by molar-refractivity contribution is -0.120. The molecule has 0 radical (unpaired) electrons. The number of hydrogen-bond donors (Lipinski definition) is 2. The second-order valence-electron chi connectivity index (χ2n) is 5.06. The van der Waals surface area contributed by atoms with Gasteiger partial charge >= 0.3 is 0 Å². The summed E-state index contributed by atoms with van der Waals surface area (Å²) in [6.45, 7) is 3.68. The SMILES string of the molecule is Cc1ccc(C(=O)NCC(=O)NC(C)c2ccc(Cl)c(Cl)c2)s1. The molecular weight excluding hydrogens is 355 g/mol. The fourth-order valence-electron chi connectivity index (χ4n) is 1.96. The molecule has 4 nitrogen and oxygen atoms in total. The molecule has 7 heteroatoms. The average molecular weight is 371 g/mol. The molecule has 122 valence electrons. The Kier molecular flexibility index (Phi) is 6.04. The van der Waals surface area contributed by atoms with Crippen LogP contribution in [0.1, 0.15) is 33.1 Å². The third-order valence-electron chi connectivity index (χ3n) is 3.19. The molecule has 1 aromatic heterocycles. The van der Waals surface area contributed by atoms with Gasteiger partial charge in [-0.2, -0.15) is 0 Å². The molecule has 1 atom stereocenters. The van der Waals surface area contributed by atoms with Crippen LogP contribution in [-0.2, 0) is 4.79 Å². The van der Waals surface area contributed by atoms with E-state index >= 15 is 0 Å². The van der Waals surface area contributed by atoms with Gasteiger partial charge in [-0.3, -0.25) is 9.59 Å². The van der Waals surface area contributed by atoms with Crippen LogP contribution in [0, 0.1) is 6.92 Å². The first-order valence-corrected chi connectivity index (χ1v) is 8.53. The fourth-order valence-corrected chi connectivity index (χ4v) is 3.05. The quantitative estimate of drug-likeness (QED) is 0.836. The maximum atomic E-state index is 11.9. The summed E-state index contributed by atoms with van der Waals surface area (Å²) in [4.78, 5) is 25.5. The van der Waals surface area contributed by atoms with Gasteiger partial charge in [0.25, 0.3) is 5.91 Å². The van der Waals surface area contributed by atoms with E-state index in [0.717, 1.165) is 10.4 Å². The number of thiophene rings is 1. The van der Waals surface area contributed by atoms with Crippen LogP contribution in [-0.4, -0.2) is 18.4 Å². The lowest BCUT2D eigenvalue weighted by Crippen LogP contribution is -2.37. The van der Waals surface area contributed by atoms with E-state index in [9.17, 15) is 9.59 Å². The third kappa shape index (κ3) is 4.96. The summed E-state index contributed by atoms with van der Waals surface area (Å²) in [6, 6.07) is 8.56. The van der Waals surface area contributed by atoms with Crippen LogP contribution >= 0.6 is 34.5 Å². The Morgan fingerprint density at radius 3 is 2.52 bits per heavy atom. The minimum Gasteiger partial charge on any atom is -0.348 e. The van der Waals surface area contributed by atoms with Gasteiger partial charge in [0.15, 0.2) is 0 Å². The van der Waals surface area contributed by atoms with Crippen molar-refractivity contribution in [2.75, 3.05) is 6.54 Å². The summed E-state index contributed by atoms with van der Waals surface area (Å²) in [5, 5.41) is 6.31. The largest absolute Gasteiger partial charge is 0.348 e. The molecule has 23 heavy (non-hydrogen) atoms. The van der Waals surface area contributed by atoms with Crippen molar-refractivity contribution >= 4 is 46.4 Å². The minimum absolute atomic E-state index is 0.0819. The van der Waals surface area contributed by atoms with Crippen LogP contribution in [0.2, 0.25) is 10.0 Å². The number of benzene rings is 1. The molecule has 0 spiro atoms.